The minimum atomic E-state index is -0.476. The molecule has 7 heteroatoms. The summed E-state index contributed by atoms with van der Waals surface area (Å²) in [5.41, 5.74) is 2.01. The van der Waals surface area contributed by atoms with Crippen LogP contribution in [0.15, 0.2) is 30.3 Å². The van der Waals surface area contributed by atoms with Crippen LogP contribution in [0.5, 0.6) is 0 Å². The third-order valence-corrected chi connectivity index (χ3v) is 3.26. The van der Waals surface area contributed by atoms with Crippen LogP contribution in [0, 0.1) is 24.0 Å². The van der Waals surface area contributed by atoms with Crippen LogP contribution in [0.3, 0.4) is 0 Å². The Morgan fingerprint density at radius 1 is 1.33 bits per heavy atom. The van der Waals surface area contributed by atoms with Gasteiger partial charge in [-0.3, -0.25) is 14.9 Å². The van der Waals surface area contributed by atoms with Crippen LogP contribution in [0.1, 0.15) is 21.9 Å². The van der Waals surface area contributed by atoms with Gasteiger partial charge in [-0.25, -0.2) is 0 Å². The van der Waals surface area contributed by atoms with Gasteiger partial charge in [0.2, 0.25) is 0 Å². The minimum absolute atomic E-state index is 0.0556. The Morgan fingerprint density at radius 2 is 2.10 bits per heavy atom. The number of benzene rings is 1. The summed E-state index contributed by atoms with van der Waals surface area (Å²) in [4.78, 5) is 25.8. The number of hydrogen-bond donors (Lipinski definition) is 1. The van der Waals surface area contributed by atoms with Gasteiger partial charge in [0.25, 0.3) is 11.6 Å². The number of non-ortho nitro benzene ring substituents is 1. The zero-order chi connectivity index (χ0) is 15.1. The zero-order valence-corrected chi connectivity index (χ0v) is 11.5. The zero-order valence-electron chi connectivity index (χ0n) is 11.5. The Kier molecular flexibility index (Phi) is 2.83. The van der Waals surface area contributed by atoms with Crippen molar-refractivity contribution in [1.82, 2.24) is 14.8 Å². The molecule has 0 aliphatic carbocycles. The molecule has 1 N–H and O–H groups in total. The monoisotopic (exact) mass is 284 g/mol. The number of nitro benzene ring substituents is 1. The van der Waals surface area contributed by atoms with E-state index in [1.54, 1.807) is 38.1 Å². The van der Waals surface area contributed by atoms with Gasteiger partial charge in [-0.15, -0.1) is 0 Å². The van der Waals surface area contributed by atoms with Crippen molar-refractivity contribution in [2.45, 2.75) is 13.8 Å². The molecule has 0 spiro atoms. The number of nitrogens with zero attached hydrogens (tertiary/aromatic N) is 3. The molecular weight excluding hydrogens is 272 g/mol. The smallest absolute Gasteiger partial charge is 0.294 e. The molecule has 3 rings (SSSR count). The number of H-pyrrole nitrogens is 1. The molecule has 2 heterocycles. The molecule has 0 saturated heterocycles. The summed E-state index contributed by atoms with van der Waals surface area (Å²) in [7, 11) is 0. The van der Waals surface area contributed by atoms with Crippen LogP contribution >= 0.6 is 0 Å². The molecule has 0 aliphatic rings. The summed E-state index contributed by atoms with van der Waals surface area (Å²) in [6.45, 7) is 3.58. The second kappa shape index (κ2) is 4.55. The Hall–Kier alpha value is -2.96. The predicted molar refractivity (Wildman–Crippen MR) is 76.4 cm³/mol. The maximum absolute atomic E-state index is 12.4. The van der Waals surface area contributed by atoms with E-state index in [2.05, 4.69) is 10.1 Å². The van der Waals surface area contributed by atoms with E-state index < -0.39 is 4.92 Å². The number of nitrogens with one attached hydrogen (secondary N) is 1. The average molecular weight is 284 g/mol. The average Bonchev–Trinajstić information content (AvgIpc) is 3.00. The normalized spacial score (nSPS) is 11.0. The van der Waals surface area contributed by atoms with Crippen molar-refractivity contribution in [2.75, 3.05) is 0 Å². The fourth-order valence-corrected chi connectivity index (χ4v) is 2.36. The Balaban J connectivity index is 2.13. The molecular formula is C14H12N4O3. The van der Waals surface area contributed by atoms with Crippen LogP contribution in [-0.4, -0.2) is 25.6 Å². The van der Waals surface area contributed by atoms with E-state index in [0.29, 0.717) is 16.6 Å². The van der Waals surface area contributed by atoms with Crippen molar-refractivity contribution < 1.29 is 9.72 Å². The van der Waals surface area contributed by atoms with E-state index in [9.17, 15) is 14.9 Å². The molecule has 0 unspecified atom stereocenters. The second-order valence-electron chi connectivity index (χ2n) is 4.83. The molecule has 21 heavy (non-hydrogen) atoms. The molecule has 0 fully saturated rings. The Labute approximate surface area is 119 Å². The number of carbonyl (C=O) groups is 1. The van der Waals surface area contributed by atoms with Gasteiger partial charge in [0, 0.05) is 17.1 Å². The fraction of sp³-hybridized carbons (Fsp3) is 0.143. The summed E-state index contributed by atoms with van der Waals surface area (Å²) >= 11 is 0. The van der Waals surface area contributed by atoms with Gasteiger partial charge in [-0.1, -0.05) is 12.1 Å². The van der Waals surface area contributed by atoms with E-state index in [0.717, 1.165) is 5.69 Å². The SMILES string of the molecule is Cc1cc(C)n(C(=O)c2cc3cccc([N+](=O)[O-])c3[nH]2)n1. The quantitative estimate of drug-likeness (QED) is 0.578. The topological polar surface area (TPSA) is 93.8 Å². The number of fused-ring (bicyclic) bond motifs is 1. The number of aromatic nitrogens is 3. The molecule has 0 radical (unpaired) electrons. The first-order valence-electron chi connectivity index (χ1n) is 6.31. The maximum Gasteiger partial charge on any atom is 0.294 e. The number of aryl methyl sites for hydroxylation is 2. The van der Waals surface area contributed by atoms with Crippen molar-refractivity contribution in [3.63, 3.8) is 0 Å². The number of rotatable bonds is 2. The molecule has 0 amide bonds. The third-order valence-electron chi connectivity index (χ3n) is 3.26. The van der Waals surface area contributed by atoms with Crippen molar-refractivity contribution in [3.05, 3.63) is 57.5 Å². The number of aromatic amines is 1. The highest BCUT2D eigenvalue weighted by Gasteiger charge is 2.19. The molecule has 2 aromatic heterocycles. The summed E-state index contributed by atoms with van der Waals surface area (Å²) in [6.07, 6.45) is 0. The minimum Gasteiger partial charge on any atom is -0.345 e. The first-order valence-corrected chi connectivity index (χ1v) is 6.31. The van der Waals surface area contributed by atoms with Crippen LogP contribution in [-0.2, 0) is 0 Å². The lowest BCUT2D eigenvalue weighted by Crippen LogP contribution is -2.15. The van der Waals surface area contributed by atoms with Gasteiger partial charge in [-0.05, 0) is 26.0 Å². The van der Waals surface area contributed by atoms with Crippen molar-refractivity contribution in [1.29, 1.82) is 0 Å². The first kappa shape index (κ1) is 13.0. The number of nitro groups is 1. The van der Waals surface area contributed by atoms with Crippen molar-refractivity contribution in [3.8, 4) is 0 Å². The van der Waals surface area contributed by atoms with E-state index in [-0.39, 0.29) is 17.3 Å². The van der Waals surface area contributed by atoms with Gasteiger partial charge < -0.3 is 4.98 Å². The lowest BCUT2D eigenvalue weighted by molar-refractivity contribution is -0.383. The molecule has 3 aromatic rings. The molecule has 0 atom stereocenters. The Morgan fingerprint density at radius 3 is 2.71 bits per heavy atom. The molecule has 0 bridgehead atoms. The highest BCUT2D eigenvalue weighted by molar-refractivity contribution is 6.01. The van der Waals surface area contributed by atoms with Crippen molar-refractivity contribution >= 4 is 22.5 Å². The molecule has 0 saturated carbocycles. The highest BCUT2D eigenvalue weighted by atomic mass is 16.6. The van der Waals surface area contributed by atoms with Crippen LogP contribution < -0.4 is 0 Å². The molecule has 106 valence electrons. The van der Waals surface area contributed by atoms with Crippen molar-refractivity contribution in [2.24, 2.45) is 0 Å². The van der Waals surface area contributed by atoms with E-state index >= 15 is 0 Å². The van der Waals surface area contributed by atoms with Gasteiger partial charge >= 0.3 is 0 Å². The van der Waals surface area contributed by atoms with Gasteiger partial charge in [0.1, 0.15) is 11.2 Å². The highest BCUT2D eigenvalue weighted by Crippen LogP contribution is 2.25. The van der Waals surface area contributed by atoms with E-state index in [1.165, 1.54) is 10.7 Å². The number of para-hydroxylation sites is 1. The molecule has 7 nitrogen and oxygen atoms in total. The molecule has 0 aliphatic heterocycles. The standard InChI is InChI=1S/C14H12N4O3/c1-8-6-9(2)17(16-8)14(19)11-7-10-4-3-5-12(18(20)21)13(10)15-11/h3-7,15H,1-2H3. The van der Waals surface area contributed by atoms with Gasteiger partial charge in [-0.2, -0.15) is 9.78 Å². The number of hydrogen-bond acceptors (Lipinski definition) is 4. The summed E-state index contributed by atoms with van der Waals surface area (Å²) in [5, 5.41) is 15.8. The lowest BCUT2D eigenvalue weighted by atomic mass is 10.2. The van der Waals surface area contributed by atoms with Crippen LogP contribution in [0.4, 0.5) is 5.69 Å². The summed E-state index contributed by atoms with van der Waals surface area (Å²) < 4.78 is 1.28. The second-order valence-corrected chi connectivity index (χ2v) is 4.83. The first-order chi connectivity index (χ1) is 9.97. The van der Waals surface area contributed by atoms with Gasteiger partial charge in [0.05, 0.1) is 10.6 Å². The van der Waals surface area contributed by atoms with Crippen LogP contribution in [0.2, 0.25) is 0 Å². The van der Waals surface area contributed by atoms with Crippen LogP contribution in [0.25, 0.3) is 10.9 Å². The third kappa shape index (κ3) is 2.08. The fourth-order valence-electron chi connectivity index (χ4n) is 2.36. The Bertz CT molecular complexity index is 876. The maximum atomic E-state index is 12.4. The summed E-state index contributed by atoms with van der Waals surface area (Å²) in [5.74, 6) is -0.342. The number of carbonyl (C=O) groups excluding carboxylic acids is 1. The largest absolute Gasteiger partial charge is 0.345 e. The van der Waals surface area contributed by atoms with E-state index in [1.807, 2.05) is 0 Å². The lowest BCUT2D eigenvalue weighted by Gasteiger charge is -1.99. The van der Waals surface area contributed by atoms with E-state index in [4.69, 9.17) is 0 Å². The molecule has 1 aromatic carbocycles. The predicted octanol–water partition coefficient (Wildman–Crippen LogP) is 2.58. The summed E-state index contributed by atoms with van der Waals surface area (Å²) in [6, 6.07) is 8.10. The van der Waals surface area contributed by atoms with Gasteiger partial charge in [0.15, 0.2) is 0 Å².